The number of hydrogen-bond acceptors (Lipinski definition) is 5. The van der Waals surface area contributed by atoms with E-state index in [0.29, 0.717) is 13.1 Å². The quantitative estimate of drug-likeness (QED) is 0.689. The molecule has 22 heavy (non-hydrogen) atoms. The first-order chi connectivity index (χ1) is 10.6. The summed E-state index contributed by atoms with van der Waals surface area (Å²) in [5.41, 5.74) is 0. The molecule has 0 aliphatic carbocycles. The molecule has 1 rings (SSSR count). The van der Waals surface area contributed by atoms with Crippen molar-refractivity contribution in [2.24, 2.45) is 0 Å². The van der Waals surface area contributed by atoms with Gasteiger partial charge in [0.25, 0.3) is 0 Å². The summed E-state index contributed by atoms with van der Waals surface area (Å²) in [5, 5.41) is 17.1. The number of thioether (sulfide) groups is 1. The lowest BCUT2D eigenvalue weighted by molar-refractivity contribution is -0.130. The highest BCUT2D eigenvalue weighted by Crippen LogP contribution is 2.26. The van der Waals surface area contributed by atoms with Crippen LogP contribution in [0, 0.1) is 22.7 Å². The van der Waals surface area contributed by atoms with E-state index in [1.54, 1.807) is 12.0 Å². The van der Waals surface area contributed by atoms with Gasteiger partial charge in [-0.25, -0.2) is 0 Å². The van der Waals surface area contributed by atoms with Crippen molar-refractivity contribution >= 4 is 17.7 Å². The van der Waals surface area contributed by atoms with Crippen LogP contribution in [0.15, 0.2) is 29.2 Å². The summed E-state index contributed by atoms with van der Waals surface area (Å²) in [7, 11) is 1.61. The lowest BCUT2D eigenvalue weighted by Crippen LogP contribution is -2.37. The molecule has 1 amide bonds. The standard InChI is InChI=1S/C16H19N3O2S/c1-13(22-15-7-5-14(21-2)6-8-15)16(20)19(11-3-9-17)12-4-10-18/h5-8,13H,3-4,11-12H2,1-2H3. The van der Waals surface area contributed by atoms with Crippen molar-refractivity contribution < 1.29 is 9.53 Å². The van der Waals surface area contributed by atoms with Crippen LogP contribution in [0.2, 0.25) is 0 Å². The third kappa shape index (κ3) is 5.67. The van der Waals surface area contributed by atoms with Gasteiger partial charge in [0.15, 0.2) is 0 Å². The van der Waals surface area contributed by atoms with E-state index in [9.17, 15) is 4.79 Å². The predicted octanol–water partition coefficient (Wildman–Crippen LogP) is 2.83. The molecule has 0 heterocycles. The zero-order valence-electron chi connectivity index (χ0n) is 12.8. The van der Waals surface area contributed by atoms with Crippen molar-refractivity contribution in [2.45, 2.75) is 29.9 Å². The minimum Gasteiger partial charge on any atom is -0.497 e. The first-order valence-corrected chi connectivity index (χ1v) is 7.83. The van der Waals surface area contributed by atoms with E-state index < -0.39 is 0 Å². The van der Waals surface area contributed by atoms with Crippen LogP contribution in [-0.4, -0.2) is 36.3 Å². The van der Waals surface area contributed by atoms with Crippen LogP contribution in [0.5, 0.6) is 5.75 Å². The molecule has 1 aromatic carbocycles. The number of benzene rings is 1. The van der Waals surface area contributed by atoms with Gasteiger partial charge in [0.1, 0.15) is 5.75 Å². The highest BCUT2D eigenvalue weighted by molar-refractivity contribution is 8.00. The molecule has 1 aromatic rings. The Kier molecular flexibility index (Phi) is 7.88. The van der Waals surface area contributed by atoms with Crippen LogP contribution in [0.25, 0.3) is 0 Å². The summed E-state index contributed by atoms with van der Waals surface area (Å²) in [5.74, 6) is 0.722. The number of carbonyl (C=O) groups excluding carboxylic acids is 1. The first kappa shape index (κ1) is 17.9. The predicted molar refractivity (Wildman–Crippen MR) is 85.4 cm³/mol. The molecule has 5 nitrogen and oxygen atoms in total. The van der Waals surface area contributed by atoms with Crippen molar-refractivity contribution in [3.05, 3.63) is 24.3 Å². The van der Waals surface area contributed by atoms with E-state index in [-0.39, 0.29) is 24.0 Å². The molecule has 0 aliphatic rings. The molecule has 0 fully saturated rings. The highest BCUT2D eigenvalue weighted by atomic mass is 32.2. The van der Waals surface area contributed by atoms with E-state index >= 15 is 0 Å². The minimum atomic E-state index is -0.272. The molecule has 0 saturated carbocycles. The number of methoxy groups -OCH3 is 1. The van der Waals surface area contributed by atoms with Crippen LogP contribution in [0.1, 0.15) is 19.8 Å². The second kappa shape index (κ2) is 9.70. The summed E-state index contributed by atoms with van der Waals surface area (Å²) in [4.78, 5) is 15.0. The van der Waals surface area contributed by atoms with Gasteiger partial charge < -0.3 is 9.64 Å². The fraction of sp³-hybridized carbons (Fsp3) is 0.438. The van der Waals surface area contributed by atoms with Crippen molar-refractivity contribution in [1.29, 1.82) is 10.5 Å². The number of rotatable bonds is 8. The molecule has 1 atom stereocenters. The Hall–Kier alpha value is -2.18. The van der Waals surface area contributed by atoms with E-state index in [4.69, 9.17) is 15.3 Å². The fourth-order valence-corrected chi connectivity index (χ4v) is 2.82. The molecule has 0 spiro atoms. The van der Waals surface area contributed by atoms with Crippen LogP contribution >= 0.6 is 11.8 Å². The summed E-state index contributed by atoms with van der Waals surface area (Å²) in [6.07, 6.45) is 0.550. The van der Waals surface area contributed by atoms with Gasteiger partial charge in [-0.15, -0.1) is 11.8 Å². The maximum absolute atomic E-state index is 12.4. The Balaban J connectivity index is 2.66. The smallest absolute Gasteiger partial charge is 0.235 e. The van der Waals surface area contributed by atoms with Gasteiger partial charge in [-0.1, -0.05) is 0 Å². The van der Waals surface area contributed by atoms with Crippen molar-refractivity contribution in [3.8, 4) is 17.9 Å². The average Bonchev–Trinajstić information content (AvgIpc) is 2.55. The number of amides is 1. The summed E-state index contributed by atoms with van der Waals surface area (Å²) >= 11 is 1.45. The van der Waals surface area contributed by atoms with Gasteiger partial charge in [-0.2, -0.15) is 10.5 Å². The maximum atomic E-state index is 12.4. The summed E-state index contributed by atoms with van der Waals surface area (Å²) in [6, 6.07) is 11.6. The summed E-state index contributed by atoms with van der Waals surface area (Å²) in [6.45, 7) is 2.57. The third-order valence-electron chi connectivity index (χ3n) is 3.02. The molecule has 0 aromatic heterocycles. The normalized spacial score (nSPS) is 11.1. The Morgan fingerprint density at radius 3 is 2.23 bits per heavy atom. The van der Waals surface area contributed by atoms with E-state index in [1.165, 1.54) is 11.8 Å². The molecule has 0 radical (unpaired) electrons. The zero-order chi connectivity index (χ0) is 16.4. The monoisotopic (exact) mass is 317 g/mol. The topological polar surface area (TPSA) is 77.1 Å². The molecule has 116 valence electrons. The molecule has 0 saturated heterocycles. The Morgan fingerprint density at radius 1 is 1.23 bits per heavy atom. The van der Waals surface area contributed by atoms with E-state index in [2.05, 4.69) is 0 Å². The zero-order valence-corrected chi connectivity index (χ0v) is 13.6. The largest absolute Gasteiger partial charge is 0.497 e. The van der Waals surface area contributed by atoms with Crippen LogP contribution in [-0.2, 0) is 4.79 Å². The Bertz CT molecular complexity index is 542. The van der Waals surface area contributed by atoms with E-state index in [0.717, 1.165) is 10.6 Å². The lowest BCUT2D eigenvalue weighted by Gasteiger charge is -2.23. The molecule has 0 aliphatic heterocycles. The molecular weight excluding hydrogens is 298 g/mol. The Labute approximate surface area is 135 Å². The number of nitrogens with zero attached hydrogens (tertiary/aromatic N) is 3. The number of hydrogen-bond donors (Lipinski definition) is 0. The molecule has 6 heteroatoms. The van der Waals surface area contributed by atoms with E-state index in [1.807, 2.05) is 43.3 Å². The van der Waals surface area contributed by atoms with Crippen molar-refractivity contribution in [3.63, 3.8) is 0 Å². The molecular formula is C16H19N3O2S. The fourth-order valence-electron chi connectivity index (χ4n) is 1.87. The Morgan fingerprint density at radius 2 is 1.77 bits per heavy atom. The highest BCUT2D eigenvalue weighted by Gasteiger charge is 2.21. The first-order valence-electron chi connectivity index (χ1n) is 6.95. The average molecular weight is 317 g/mol. The molecule has 1 unspecified atom stereocenters. The van der Waals surface area contributed by atoms with Gasteiger partial charge in [-0.05, 0) is 31.2 Å². The van der Waals surface area contributed by atoms with Gasteiger partial charge >= 0.3 is 0 Å². The molecule has 0 bridgehead atoms. The van der Waals surface area contributed by atoms with Gasteiger partial charge in [0.2, 0.25) is 5.91 Å². The number of ether oxygens (including phenoxy) is 1. The SMILES string of the molecule is COc1ccc(SC(C)C(=O)N(CCC#N)CCC#N)cc1. The minimum absolute atomic E-state index is 0.0497. The third-order valence-corrected chi connectivity index (χ3v) is 4.12. The summed E-state index contributed by atoms with van der Waals surface area (Å²) < 4.78 is 5.10. The van der Waals surface area contributed by atoms with Crippen LogP contribution < -0.4 is 4.74 Å². The van der Waals surface area contributed by atoms with Gasteiger partial charge in [0.05, 0.1) is 37.3 Å². The van der Waals surface area contributed by atoms with Crippen molar-refractivity contribution in [1.82, 2.24) is 4.90 Å². The van der Waals surface area contributed by atoms with Crippen molar-refractivity contribution in [2.75, 3.05) is 20.2 Å². The second-order valence-electron chi connectivity index (χ2n) is 4.58. The van der Waals surface area contributed by atoms with Crippen LogP contribution in [0.4, 0.5) is 0 Å². The van der Waals surface area contributed by atoms with Gasteiger partial charge in [0, 0.05) is 18.0 Å². The number of nitriles is 2. The maximum Gasteiger partial charge on any atom is 0.235 e. The van der Waals surface area contributed by atoms with Crippen LogP contribution in [0.3, 0.4) is 0 Å². The van der Waals surface area contributed by atoms with Gasteiger partial charge in [-0.3, -0.25) is 4.79 Å². The second-order valence-corrected chi connectivity index (χ2v) is 5.99. The number of carbonyl (C=O) groups is 1. The molecule has 0 N–H and O–H groups in total. The lowest BCUT2D eigenvalue weighted by atomic mass is 10.3.